The van der Waals surface area contributed by atoms with Gasteiger partial charge < -0.3 is 9.47 Å². The second kappa shape index (κ2) is 8.09. The van der Waals surface area contributed by atoms with Crippen molar-refractivity contribution in [3.8, 4) is 0 Å². The summed E-state index contributed by atoms with van der Waals surface area (Å²) >= 11 is 0. The standard InChI is InChI=1S/C13H24O4/c1-9(2)7-16-12(14)6-11(5)13(15)17-8-10(3)4/h9-11H,6-8H2,1-5H3. The van der Waals surface area contributed by atoms with E-state index in [1.807, 2.05) is 27.7 Å². The van der Waals surface area contributed by atoms with Gasteiger partial charge >= 0.3 is 11.9 Å². The fraction of sp³-hybridized carbons (Fsp3) is 0.846. The topological polar surface area (TPSA) is 52.6 Å². The molecule has 0 rings (SSSR count). The molecule has 1 atom stereocenters. The molecule has 17 heavy (non-hydrogen) atoms. The predicted molar refractivity (Wildman–Crippen MR) is 65.4 cm³/mol. The van der Waals surface area contributed by atoms with Crippen LogP contribution in [0.4, 0.5) is 0 Å². The summed E-state index contributed by atoms with van der Waals surface area (Å²) in [7, 11) is 0. The minimum Gasteiger partial charge on any atom is -0.465 e. The van der Waals surface area contributed by atoms with E-state index in [9.17, 15) is 9.59 Å². The first kappa shape index (κ1) is 15.9. The van der Waals surface area contributed by atoms with Crippen LogP contribution in [0.15, 0.2) is 0 Å². The van der Waals surface area contributed by atoms with Crippen molar-refractivity contribution in [1.82, 2.24) is 0 Å². The Kier molecular flexibility index (Phi) is 7.59. The zero-order valence-electron chi connectivity index (χ0n) is 11.5. The maximum Gasteiger partial charge on any atom is 0.309 e. The molecule has 4 heteroatoms. The van der Waals surface area contributed by atoms with Crippen LogP contribution in [0.25, 0.3) is 0 Å². The molecule has 0 bridgehead atoms. The van der Waals surface area contributed by atoms with Crippen LogP contribution in [0, 0.1) is 17.8 Å². The minimum absolute atomic E-state index is 0.0870. The van der Waals surface area contributed by atoms with Crippen LogP contribution in [0.2, 0.25) is 0 Å². The van der Waals surface area contributed by atoms with Crippen LogP contribution in [0.5, 0.6) is 0 Å². The molecule has 0 saturated heterocycles. The molecule has 0 aromatic rings. The lowest BCUT2D eigenvalue weighted by Crippen LogP contribution is -2.21. The van der Waals surface area contributed by atoms with E-state index in [0.717, 1.165) is 0 Å². The third-order valence-corrected chi connectivity index (χ3v) is 2.01. The first-order valence-corrected chi connectivity index (χ1v) is 6.15. The van der Waals surface area contributed by atoms with Gasteiger partial charge in [-0.25, -0.2) is 0 Å². The van der Waals surface area contributed by atoms with Gasteiger partial charge in [0, 0.05) is 0 Å². The summed E-state index contributed by atoms with van der Waals surface area (Å²) in [6.45, 7) is 10.3. The largest absolute Gasteiger partial charge is 0.465 e. The van der Waals surface area contributed by atoms with E-state index in [1.165, 1.54) is 0 Å². The van der Waals surface area contributed by atoms with Crippen molar-refractivity contribution in [2.75, 3.05) is 13.2 Å². The first-order chi connectivity index (χ1) is 7.82. The Morgan fingerprint density at radius 2 is 1.35 bits per heavy atom. The average molecular weight is 244 g/mol. The monoisotopic (exact) mass is 244 g/mol. The number of hydrogen-bond donors (Lipinski definition) is 0. The molecule has 0 amide bonds. The first-order valence-electron chi connectivity index (χ1n) is 6.15. The van der Waals surface area contributed by atoms with Crippen molar-refractivity contribution in [1.29, 1.82) is 0 Å². The molecule has 1 unspecified atom stereocenters. The number of carbonyl (C=O) groups excluding carboxylic acids is 2. The van der Waals surface area contributed by atoms with Gasteiger partial charge in [-0.1, -0.05) is 34.6 Å². The second-order valence-electron chi connectivity index (χ2n) is 5.21. The number of rotatable bonds is 7. The molecular weight excluding hydrogens is 220 g/mol. The number of esters is 2. The Hall–Kier alpha value is -1.06. The van der Waals surface area contributed by atoms with Crippen molar-refractivity contribution in [3.63, 3.8) is 0 Å². The van der Waals surface area contributed by atoms with Gasteiger partial charge in [0.15, 0.2) is 0 Å². The molecule has 100 valence electrons. The summed E-state index contributed by atoms with van der Waals surface area (Å²) in [5, 5.41) is 0. The van der Waals surface area contributed by atoms with E-state index in [-0.39, 0.29) is 18.4 Å². The molecule has 0 spiro atoms. The third-order valence-electron chi connectivity index (χ3n) is 2.01. The fourth-order valence-corrected chi connectivity index (χ4v) is 1.04. The van der Waals surface area contributed by atoms with Crippen molar-refractivity contribution in [3.05, 3.63) is 0 Å². The van der Waals surface area contributed by atoms with E-state index in [0.29, 0.717) is 25.0 Å². The van der Waals surface area contributed by atoms with Crippen molar-refractivity contribution in [2.45, 2.75) is 41.0 Å². The maximum atomic E-state index is 11.5. The average Bonchev–Trinajstić information content (AvgIpc) is 2.22. The van der Waals surface area contributed by atoms with E-state index in [2.05, 4.69) is 0 Å². The van der Waals surface area contributed by atoms with Gasteiger partial charge in [-0.3, -0.25) is 9.59 Å². The Balaban J connectivity index is 3.86. The summed E-state index contributed by atoms with van der Waals surface area (Å²) < 4.78 is 10.0. The number of ether oxygens (including phenoxy) is 2. The molecular formula is C13H24O4. The molecule has 0 heterocycles. The SMILES string of the molecule is CC(C)COC(=O)CC(C)C(=O)OCC(C)C. The molecule has 0 fully saturated rings. The highest BCUT2D eigenvalue weighted by Crippen LogP contribution is 2.08. The molecule has 0 aromatic carbocycles. The zero-order valence-corrected chi connectivity index (χ0v) is 11.5. The van der Waals surface area contributed by atoms with Gasteiger partial charge in [0.05, 0.1) is 25.6 Å². The van der Waals surface area contributed by atoms with E-state index in [1.54, 1.807) is 6.92 Å². The van der Waals surface area contributed by atoms with Crippen LogP contribution in [0.1, 0.15) is 41.0 Å². The van der Waals surface area contributed by atoms with Crippen molar-refractivity contribution < 1.29 is 19.1 Å². The van der Waals surface area contributed by atoms with Gasteiger partial charge in [0.1, 0.15) is 0 Å². The Morgan fingerprint density at radius 1 is 0.882 bits per heavy atom. The molecule has 4 nitrogen and oxygen atoms in total. The van der Waals surface area contributed by atoms with Crippen LogP contribution in [0.3, 0.4) is 0 Å². The van der Waals surface area contributed by atoms with Crippen LogP contribution >= 0.6 is 0 Å². The van der Waals surface area contributed by atoms with Gasteiger partial charge in [0.25, 0.3) is 0 Å². The smallest absolute Gasteiger partial charge is 0.309 e. The minimum atomic E-state index is -0.437. The number of carbonyl (C=O) groups is 2. The molecule has 0 aliphatic heterocycles. The summed E-state index contributed by atoms with van der Waals surface area (Å²) in [6.07, 6.45) is 0.0870. The lowest BCUT2D eigenvalue weighted by molar-refractivity contribution is -0.155. The van der Waals surface area contributed by atoms with Gasteiger partial charge in [-0.15, -0.1) is 0 Å². The zero-order chi connectivity index (χ0) is 13.4. The lowest BCUT2D eigenvalue weighted by atomic mass is 10.1. The Morgan fingerprint density at radius 3 is 1.82 bits per heavy atom. The molecule has 0 aliphatic carbocycles. The van der Waals surface area contributed by atoms with Crippen LogP contribution in [-0.2, 0) is 19.1 Å². The summed E-state index contributed by atoms with van der Waals surface area (Å²) in [4.78, 5) is 22.9. The molecule has 0 radical (unpaired) electrons. The van der Waals surface area contributed by atoms with E-state index in [4.69, 9.17) is 9.47 Å². The van der Waals surface area contributed by atoms with Crippen LogP contribution in [-0.4, -0.2) is 25.2 Å². The highest BCUT2D eigenvalue weighted by Gasteiger charge is 2.19. The molecule has 0 aliphatic rings. The summed E-state index contributed by atoms with van der Waals surface area (Å²) in [5.41, 5.74) is 0. The predicted octanol–water partition coefficient (Wildman–Crippen LogP) is 2.41. The van der Waals surface area contributed by atoms with Gasteiger partial charge in [-0.05, 0) is 11.8 Å². The third kappa shape index (κ3) is 8.72. The maximum absolute atomic E-state index is 11.5. The van der Waals surface area contributed by atoms with Gasteiger partial charge in [-0.2, -0.15) is 0 Å². The lowest BCUT2D eigenvalue weighted by Gasteiger charge is -2.13. The molecule has 0 aromatic heterocycles. The summed E-state index contributed by atoms with van der Waals surface area (Å²) in [6, 6.07) is 0. The quantitative estimate of drug-likeness (QED) is 0.645. The molecule has 0 saturated carbocycles. The van der Waals surface area contributed by atoms with Crippen molar-refractivity contribution in [2.24, 2.45) is 17.8 Å². The van der Waals surface area contributed by atoms with E-state index < -0.39 is 5.92 Å². The highest BCUT2D eigenvalue weighted by atomic mass is 16.5. The van der Waals surface area contributed by atoms with Crippen LogP contribution < -0.4 is 0 Å². The number of hydrogen-bond acceptors (Lipinski definition) is 4. The Bertz CT molecular complexity index is 246. The normalized spacial score (nSPS) is 12.6. The van der Waals surface area contributed by atoms with Gasteiger partial charge in [0.2, 0.25) is 0 Å². The second-order valence-corrected chi connectivity index (χ2v) is 5.21. The van der Waals surface area contributed by atoms with E-state index >= 15 is 0 Å². The fourth-order valence-electron chi connectivity index (χ4n) is 1.04. The molecule has 0 N–H and O–H groups in total. The Labute approximate surface area is 104 Å². The highest BCUT2D eigenvalue weighted by molar-refractivity contribution is 5.79. The summed E-state index contributed by atoms with van der Waals surface area (Å²) in [5.74, 6) is -0.498. The van der Waals surface area contributed by atoms with Crippen molar-refractivity contribution >= 4 is 11.9 Å².